The van der Waals surface area contributed by atoms with Crippen LogP contribution >= 0.6 is 0 Å². The Kier molecular flexibility index (Phi) is 4.61. The zero-order chi connectivity index (χ0) is 14.5. The number of hydrogen-bond donors (Lipinski definition) is 0. The third-order valence-corrected chi connectivity index (χ3v) is 3.30. The molecule has 0 aliphatic heterocycles. The molecule has 2 aromatic carbocycles. The minimum absolute atomic E-state index is 0.0244. The summed E-state index contributed by atoms with van der Waals surface area (Å²) in [7, 11) is 0. The highest BCUT2D eigenvalue weighted by Gasteiger charge is 2.19. The van der Waals surface area contributed by atoms with Crippen LogP contribution in [0.15, 0.2) is 48.5 Å². The summed E-state index contributed by atoms with van der Waals surface area (Å²) in [5, 5.41) is 0. The first-order valence-corrected chi connectivity index (χ1v) is 6.62. The molecule has 0 bridgehead atoms. The Bertz CT molecular complexity index is 573. The molecular formula is C17H16F2O. The Balaban J connectivity index is 2.18. The number of halogens is 2. The van der Waals surface area contributed by atoms with Crippen LogP contribution in [0.2, 0.25) is 0 Å². The molecule has 0 saturated carbocycles. The number of benzene rings is 2. The van der Waals surface area contributed by atoms with E-state index in [2.05, 4.69) is 0 Å². The summed E-state index contributed by atoms with van der Waals surface area (Å²) in [6.45, 7) is 1.93. The van der Waals surface area contributed by atoms with E-state index in [1.165, 1.54) is 12.1 Å². The molecule has 0 amide bonds. The SMILES string of the molecule is CCC(C(=O)Cc1cc(F)cc(F)c1)c1ccccc1. The van der Waals surface area contributed by atoms with Gasteiger partial charge < -0.3 is 0 Å². The minimum Gasteiger partial charge on any atom is -0.299 e. The molecule has 2 aromatic rings. The Morgan fingerprint density at radius 2 is 1.65 bits per heavy atom. The molecule has 1 atom stereocenters. The number of hydrogen-bond acceptors (Lipinski definition) is 1. The van der Waals surface area contributed by atoms with E-state index in [-0.39, 0.29) is 18.1 Å². The smallest absolute Gasteiger partial charge is 0.144 e. The van der Waals surface area contributed by atoms with Gasteiger partial charge in [-0.25, -0.2) is 8.78 Å². The fraction of sp³-hybridized carbons (Fsp3) is 0.235. The van der Waals surface area contributed by atoms with Crippen molar-refractivity contribution in [2.75, 3.05) is 0 Å². The average Bonchev–Trinajstić information content (AvgIpc) is 2.39. The molecule has 20 heavy (non-hydrogen) atoms. The second kappa shape index (κ2) is 6.42. The van der Waals surface area contributed by atoms with Crippen LogP contribution in [0.1, 0.15) is 30.4 Å². The van der Waals surface area contributed by atoms with Gasteiger partial charge in [0, 0.05) is 18.4 Å². The van der Waals surface area contributed by atoms with Crippen LogP contribution in [0.4, 0.5) is 8.78 Å². The molecule has 0 aliphatic carbocycles. The summed E-state index contributed by atoms with van der Waals surface area (Å²) in [6.07, 6.45) is 0.711. The van der Waals surface area contributed by atoms with E-state index in [1.54, 1.807) is 0 Å². The van der Waals surface area contributed by atoms with E-state index in [4.69, 9.17) is 0 Å². The second-order valence-corrected chi connectivity index (χ2v) is 4.79. The molecule has 0 spiro atoms. The van der Waals surface area contributed by atoms with Gasteiger partial charge in [-0.05, 0) is 29.7 Å². The maximum atomic E-state index is 13.1. The molecule has 1 unspecified atom stereocenters. The van der Waals surface area contributed by atoms with Gasteiger partial charge in [-0.1, -0.05) is 37.3 Å². The van der Waals surface area contributed by atoms with Crippen LogP contribution in [0, 0.1) is 11.6 Å². The highest BCUT2D eigenvalue weighted by molar-refractivity contribution is 5.87. The third kappa shape index (κ3) is 3.50. The van der Waals surface area contributed by atoms with E-state index in [1.807, 2.05) is 37.3 Å². The van der Waals surface area contributed by atoms with Crippen molar-refractivity contribution in [3.05, 3.63) is 71.3 Å². The van der Waals surface area contributed by atoms with Gasteiger partial charge in [0.05, 0.1) is 0 Å². The molecule has 0 N–H and O–H groups in total. The number of carbonyl (C=O) groups is 1. The summed E-state index contributed by atoms with van der Waals surface area (Å²) < 4.78 is 26.3. The third-order valence-electron chi connectivity index (χ3n) is 3.30. The van der Waals surface area contributed by atoms with Gasteiger partial charge in [0.1, 0.15) is 17.4 Å². The molecular weight excluding hydrogens is 258 g/mol. The molecule has 0 fully saturated rings. The maximum Gasteiger partial charge on any atom is 0.144 e. The number of ketones is 1. The van der Waals surface area contributed by atoms with E-state index >= 15 is 0 Å². The quantitative estimate of drug-likeness (QED) is 0.795. The topological polar surface area (TPSA) is 17.1 Å². The van der Waals surface area contributed by atoms with Gasteiger partial charge in [0.25, 0.3) is 0 Å². The monoisotopic (exact) mass is 274 g/mol. The number of rotatable bonds is 5. The summed E-state index contributed by atoms with van der Waals surface area (Å²) in [6, 6.07) is 12.7. The van der Waals surface area contributed by atoms with Crippen LogP contribution in [-0.4, -0.2) is 5.78 Å². The van der Waals surface area contributed by atoms with E-state index in [0.29, 0.717) is 12.0 Å². The zero-order valence-corrected chi connectivity index (χ0v) is 11.3. The van der Waals surface area contributed by atoms with Crippen molar-refractivity contribution in [2.45, 2.75) is 25.7 Å². The fourth-order valence-corrected chi connectivity index (χ4v) is 2.37. The zero-order valence-electron chi connectivity index (χ0n) is 11.3. The van der Waals surface area contributed by atoms with Crippen molar-refractivity contribution in [3.8, 4) is 0 Å². The average molecular weight is 274 g/mol. The van der Waals surface area contributed by atoms with Gasteiger partial charge in [-0.15, -0.1) is 0 Å². The van der Waals surface area contributed by atoms with Gasteiger partial charge in [0.15, 0.2) is 0 Å². The van der Waals surface area contributed by atoms with Crippen LogP contribution < -0.4 is 0 Å². The van der Waals surface area contributed by atoms with Crippen molar-refractivity contribution in [1.82, 2.24) is 0 Å². The summed E-state index contributed by atoms with van der Waals surface area (Å²) in [5.41, 5.74) is 1.32. The predicted octanol–water partition coefficient (Wildman–Crippen LogP) is 4.27. The summed E-state index contributed by atoms with van der Waals surface area (Å²) in [4.78, 5) is 12.3. The van der Waals surface area contributed by atoms with Crippen LogP contribution in [0.3, 0.4) is 0 Å². The maximum absolute atomic E-state index is 13.1. The molecule has 0 aromatic heterocycles. The van der Waals surface area contributed by atoms with Gasteiger partial charge in [-0.3, -0.25) is 4.79 Å². The Morgan fingerprint density at radius 1 is 1.05 bits per heavy atom. The number of carbonyl (C=O) groups excluding carboxylic acids is 1. The van der Waals surface area contributed by atoms with Crippen molar-refractivity contribution in [1.29, 1.82) is 0 Å². The molecule has 3 heteroatoms. The van der Waals surface area contributed by atoms with Crippen LogP contribution in [0.5, 0.6) is 0 Å². The first-order valence-electron chi connectivity index (χ1n) is 6.62. The number of Topliss-reactive ketones (excluding diaryl/α,β-unsaturated/α-hetero) is 1. The summed E-state index contributed by atoms with van der Waals surface area (Å²) in [5.74, 6) is -1.56. The van der Waals surface area contributed by atoms with Crippen molar-refractivity contribution < 1.29 is 13.6 Å². The highest BCUT2D eigenvalue weighted by Crippen LogP contribution is 2.22. The molecule has 2 rings (SSSR count). The molecule has 1 nitrogen and oxygen atoms in total. The first-order chi connectivity index (χ1) is 9.60. The van der Waals surface area contributed by atoms with Gasteiger partial charge in [-0.2, -0.15) is 0 Å². The van der Waals surface area contributed by atoms with E-state index in [9.17, 15) is 13.6 Å². The lowest BCUT2D eigenvalue weighted by molar-refractivity contribution is -0.119. The largest absolute Gasteiger partial charge is 0.299 e. The Labute approximate surface area is 117 Å². The predicted molar refractivity (Wildman–Crippen MR) is 74.5 cm³/mol. The van der Waals surface area contributed by atoms with Gasteiger partial charge in [0.2, 0.25) is 0 Å². The molecule has 0 saturated heterocycles. The lowest BCUT2D eigenvalue weighted by Crippen LogP contribution is -2.14. The van der Waals surface area contributed by atoms with Crippen molar-refractivity contribution in [2.24, 2.45) is 0 Å². The highest BCUT2D eigenvalue weighted by atomic mass is 19.1. The molecule has 104 valence electrons. The van der Waals surface area contributed by atoms with E-state index < -0.39 is 11.6 Å². The lowest BCUT2D eigenvalue weighted by Gasteiger charge is -2.14. The standard InChI is InChI=1S/C17H16F2O/c1-2-16(13-6-4-3-5-7-13)17(20)10-12-8-14(18)11-15(19)9-12/h3-9,11,16H,2,10H2,1H3. The molecule has 0 aliphatic rings. The Hall–Kier alpha value is -2.03. The second-order valence-electron chi connectivity index (χ2n) is 4.79. The minimum atomic E-state index is -0.652. The fourth-order valence-electron chi connectivity index (χ4n) is 2.37. The van der Waals surface area contributed by atoms with Crippen molar-refractivity contribution in [3.63, 3.8) is 0 Å². The molecule has 0 heterocycles. The first kappa shape index (κ1) is 14.4. The van der Waals surface area contributed by atoms with E-state index in [0.717, 1.165) is 11.6 Å². The normalized spacial score (nSPS) is 12.2. The molecule has 0 radical (unpaired) electrons. The van der Waals surface area contributed by atoms with Crippen LogP contribution in [0.25, 0.3) is 0 Å². The van der Waals surface area contributed by atoms with Crippen LogP contribution in [-0.2, 0) is 11.2 Å². The summed E-state index contributed by atoms with van der Waals surface area (Å²) >= 11 is 0. The van der Waals surface area contributed by atoms with Gasteiger partial charge >= 0.3 is 0 Å². The lowest BCUT2D eigenvalue weighted by atomic mass is 9.89. The van der Waals surface area contributed by atoms with Crippen molar-refractivity contribution >= 4 is 5.78 Å². The Morgan fingerprint density at radius 3 is 2.20 bits per heavy atom.